The number of aromatic nitrogens is 4. The monoisotopic (exact) mass is 634 g/mol. The first-order valence-electron chi connectivity index (χ1n) is 16.3. The van der Waals surface area contributed by atoms with Gasteiger partial charge in [-0.15, -0.1) is 0 Å². The molecule has 4 heterocycles. The Hall–Kier alpha value is -5.03. The molecule has 0 unspecified atom stereocenters. The zero-order valence-corrected chi connectivity index (χ0v) is 26.6. The van der Waals surface area contributed by atoms with Crippen molar-refractivity contribution in [2.24, 2.45) is 7.05 Å². The first kappa shape index (κ1) is 30.6. The van der Waals surface area contributed by atoms with E-state index in [-0.39, 0.29) is 25.0 Å². The molecule has 242 valence electrons. The standard InChI is InChI=1S/C36H38N6O5/c1-3-47-34(44)30-21-25-19-26(13-15-29(25)41(30)2)38-35(45)36(16-18-46-22-36)39-33(43)24-12-14-27-28(20-24)40-42(31-11-7-8-17-37-31)32(27)23-9-5-4-6-10-23/h7-8,11-15,17,19-21,23H,3-6,9-10,16,18,22H2,1-2H3,(H,38,45)(H,39,43)/t36-/m1/s1. The van der Waals surface area contributed by atoms with E-state index in [1.807, 2.05) is 35.0 Å². The molecule has 1 saturated heterocycles. The fourth-order valence-corrected chi connectivity index (χ4v) is 6.94. The number of anilines is 1. The van der Waals surface area contributed by atoms with Crippen molar-refractivity contribution in [1.29, 1.82) is 0 Å². The molecule has 3 aromatic heterocycles. The molecule has 0 radical (unpaired) electrons. The van der Waals surface area contributed by atoms with Crippen LogP contribution in [0.5, 0.6) is 0 Å². The Bertz CT molecular complexity index is 1970. The minimum atomic E-state index is -1.26. The lowest BCUT2D eigenvalue weighted by molar-refractivity contribution is -0.122. The van der Waals surface area contributed by atoms with Crippen molar-refractivity contribution in [3.8, 4) is 5.82 Å². The number of esters is 1. The third kappa shape index (κ3) is 5.76. The van der Waals surface area contributed by atoms with Crippen molar-refractivity contribution in [2.45, 2.75) is 56.9 Å². The van der Waals surface area contributed by atoms with E-state index >= 15 is 0 Å². The molecule has 11 nitrogen and oxygen atoms in total. The largest absolute Gasteiger partial charge is 0.461 e. The van der Waals surface area contributed by atoms with E-state index in [9.17, 15) is 14.4 Å². The highest BCUT2D eigenvalue weighted by atomic mass is 16.5. The van der Waals surface area contributed by atoms with Gasteiger partial charge in [-0.2, -0.15) is 5.10 Å². The number of carbonyl (C=O) groups is 3. The van der Waals surface area contributed by atoms with Gasteiger partial charge in [-0.3, -0.25) is 9.59 Å². The SMILES string of the molecule is CCOC(=O)c1cc2cc(NC(=O)[C@@]3(NC(=O)c4ccc5c(C6CCCCC6)n(-c6ccccn6)nc5c4)CCOC3)ccc2n1C. The van der Waals surface area contributed by atoms with Crippen LogP contribution >= 0.6 is 0 Å². The summed E-state index contributed by atoms with van der Waals surface area (Å²) < 4.78 is 14.5. The van der Waals surface area contributed by atoms with Gasteiger partial charge in [0.1, 0.15) is 11.2 Å². The average molecular weight is 635 g/mol. The van der Waals surface area contributed by atoms with Gasteiger partial charge in [0.25, 0.3) is 11.8 Å². The van der Waals surface area contributed by atoms with Crippen LogP contribution in [0.3, 0.4) is 0 Å². The average Bonchev–Trinajstić information content (AvgIpc) is 3.81. The van der Waals surface area contributed by atoms with Crippen molar-refractivity contribution in [3.05, 3.63) is 83.8 Å². The van der Waals surface area contributed by atoms with E-state index in [1.54, 1.807) is 55.1 Å². The Labute approximate surface area is 272 Å². The minimum absolute atomic E-state index is 0.0491. The molecular weight excluding hydrogens is 596 g/mol. The number of rotatable bonds is 8. The first-order valence-corrected chi connectivity index (χ1v) is 16.3. The van der Waals surface area contributed by atoms with E-state index in [4.69, 9.17) is 14.6 Å². The van der Waals surface area contributed by atoms with Gasteiger partial charge in [0.2, 0.25) is 0 Å². The summed E-state index contributed by atoms with van der Waals surface area (Å²) in [5.41, 5.74) is 2.79. The fraction of sp³-hybridized carbons (Fsp3) is 0.361. The lowest BCUT2D eigenvalue weighted by atomic mass is 9.85. The zero-order chi connectivity index (χ0) is 32.5. The van der Waals surface area contributed by atoms with Crippen LogP contribution in [0.25, 0.3) is 27.6 Å². The number of carbonyl (C=O) groups excluding carboxylic acids is 3. The molecule has 7 rings (SSSR count). The summed E-state index contributed by atoms with van der Waals surface area (Å²) in [4.78, 5) is 44.5. The summed E-state index contributed by atoms with van der Waals surface area (Å²) in [6.45, 7) is 2.43. The number of hydrogen-bond donors (Lipinski definition) is 2. The molecule has 2 aliphatic rings. The number of pyridine rings is 1. The van der Waals surface area contributed by atoms with E-state index in [0.29, 0.717) is 41.4 Å². The predicted molar refractivity (Wildman–Crippen MR) is 178 cm³/mol. The van der Waals surface area contributed by atoms with Gasteiger partial charge < -0.3 is 24.7 Å². The second kappa shape index (κ2) is 12.6. The fourth-order valence-electron chi connectivity index (χ4n) is 6.94. The van der Waals surface area contributed by atoms with Gasteiger partial charge in [-0.1, -0.05) is 31.4 Å². The molecule has 0 spiro atoms. The van der Waals surface area contributed by atoms with Gasteiger partial charge >= 0.3 is 5.97 Å². The number of benzene rings is 2. The molecule has 47 heavy (non-hydrogen) atoms. The van der Waals surface area contributed by atoms with Crippen LogP contribution in [0.4, 0.5) is 5.69 Å². The van der Waals surface area contributed by atoms with Crippen molar-refractivity contribution >= 4 is 45.3 Å². The third-order valence-electron chi connectivity index (χ3n) is 9.42. The quantitative estimate of drug-likeness (QED) is 0.211. The van der Waals surface area contributed by atoms with Crippen molar-refractivity contribution < 1.29 is 23.9 Å². The molecule has 1 atom stereocenters. The van der Waals surface area contributed by atoms with Crippen LogP contribution in [0.15, 0.2) is 66.9 Å². The first-order chi connectivity index (χ1) is 22.9. The Kier molecular flexibility index (Phi) is 8.23. The smallest absolute Gasteiger partial charge is 0.354 e. The summed E-state index contributed by atoms with van der Waals surface area (Å²) in [5.74, 6) is -0.0424. The lowest BCUT2D eigenvalue weighted by Crippen LogP contribution is -2.57. The predicted octanol–water partition coefficient (Wildman–Crippen LogP) is 5.66. The minimum Gasteiger partial charge on any atom is -0.461 e. The van der Waals surface area contributed by atoms with Crippen LogP contribution < -0.4 is 10.6 Å². The maximum absolute atomic E-state index is 13.8. The number of fused-ring (bicyclic) bond motifs is 2. The Morgan fingerprint density at radius 1 is 1.04 bits per heavy atom. The molecule has 1 saturated carbocycles. The van der Waals surface area contributed by atoms with Crippen molar-refractivity contribution in [1.82, 2.24) is 24.6 Å². The second-order valence-electron chi connectivity index (χ2n) is 12.4. The van der Waals surface area contributed by atoms with Crippen LogP contribution in [-0.2, 0) is 21.3 Å². The van der Waals surface area contributed by atoms with Crippen LogP contribution in [-0.4, -0.2) is 62.5 Å². The zero-order valence-electron chi connectivity index (χ0n) is 26.6. The van der Waals surface area contributed by atoms with Gasteiger partial charge in [-0.05, 0) is 68.3 Å². The summed E-state index contributed by atoms with van der Waals surface area (Å²) in [6, 6.07) is 18.5. The Balaban J connectivity index is 1.14. The van der Waals surface area contributed by atoms with Crippen molar-refractivity contribution in [2.75, 3.05) is 25.1 Å². The van der Waals surface area contributed by atoms with Gasteiger partial charge in [0, 0.05) is 59.7 Å². The van der Waals surface area contributed by atoms with Gasteiger partial charge in [-0.25, -0.2) is 14.5 Å². The third-order valence-corrected chi connectivity index (χ3v) is 9.42. The second-order valence-corrected chi connectivity index (χ2v) is 12.4. The van der Waals surface area contributed by atoms with E-state index in [1.165, 1.54) is 19.3 Å². The van der Waals surface area contributed by atoms with E-state index < -0.39 is 11.5 Å². The number of amides is 2. The number of nitrogens with one attached hydrogen (secondary N) is 2. The molecule has 5 aromatic rings. The van der Waals surface area contributed by atoms with Gasteiger partial charge in [0.15, 0.2) is 5.82 Å². The van der Waals surface area contributed by atoms with Crippen LogP contribution in [0.2, 0.25) is 0 Å². The topological polar surface area (TPSA) is 129 Å². The van der Waals surface area contributed by atoms with E-state index in [0.717, 1.165) is 40.6 Å². The maximum atomic E-state index is 13.8. The molecule has 2 fully saturated rings. The highest BCUT2D eigenvalue weighted by Crippen LogP contribution is 2.38. The molecular formula is C36H38N6O5. The highest BCUT2D eigenvalue weighted by molar-refractivity contribution is 6.06. The normalized spacial score (nSPS) is 18.4. The molecule has 1 aliphatic carbocycles. The molecule has 2 aromatic carbocycles. The maximum Gasteiger partial charge on any atom is 0.354 e. The summed E-state index contributed by atoms with van der Waals surface area (Å²) in [7, 11) is 1.80. The molecule has 11 heteroatoms. The van der Waals surface area contributed by atoms with Crippen LogP contribution in [0, 0.1) is 0 Å². The van der Waals surface area contributed by atoms with Crippen molar-refractivity contribution in [3.63, 3.8) is 0 Å². The van der Waals surface area contributed by atoms with Crippen LogP contribution in [0.1, 0.15) is 77.9 Å². The number of ether oxygens (including phenoxy) is 2. The lowest BCUT2D eigenvalue weighted by Gasteiger charge is -2.27. The Morgan fingerprint density at radius 3 is 2.64 bits per heavy atom. The number of hydrogen-bond acceptors (Lipinski definition) is 7. The highest BCUT2D eigenvalue weighted by Gasteiger charge is 2.44. The molecule has 2 N–H and O–H groups in total. The number of aryl methyl sites for hydroxylation is 1. The molecule has 2 amide bonds. The summed E-state index contributed by atoms with van der Waals surface area (Å²) in [6.07, 6.45) is 7.88. The summed E-state index contributed by atoms with van der Waals surface area (Å²) in [5, 5.41) is 12.7. The molecule has 0 bridgehead atoms. The molecule has 1 aliphatic heterocycles. The Morgan fingerprint density at radius 2 is 1.89 bits per heavy atom. The number of nitrogens with zero attached hydrogens (tertiary/aromatic N) is 4. The summed E-state index contributed by atoms with van der Waals surface area (Å²) >= 11 is 0. The van der Waals surface area contributed by atoms with Gasteiger partial charge in [0.05, 0.1) is 24.4 Å². The van der Waals surface area contributed by atoms with E-state index in [2.05, 4.69) is 15.6 Å².